The minimum Gasteiger partial charge on any atom is -0.298 e. The lowest BCUT2D eigenvalue weighted by Crippen LogP contribution is -2.38. The molecule has 1 fully saturated rings. The molecule has 0 N–H and O–H groups in total. The molecule has 4 heteroatoms. The Labute approximate surface area is 142 Å². The van der Waals surface area contributed by atoms with Crippen molar-refractivity contribution in [2.45, 2.75) is 59.8 Å². The Morgan fingerprint density at radius 3 is 2.04 bits per heavy atom. The van der Waals surface area contributed by atoms with Gasteiger partial charge in [0.1, 0.15) is 5.92 Å². The van der Waals surface area contributed by atoms with E-state index in [2.05, 4.69) is 0 Å². The van der Waals surface area contributed by atoms with Crippen molar-refractivity contribution in [3.8, 4) is 0 Å². The largest absolute Gasteiger partial charge is 0.298 e. The highest BCUT2D eigenvalue weighted by molar-refractivity contribution is 6.21. The molecule has 1 aliphatic rings. The maximum Gasteiger partial charge on any atom is 0.160 e. The Morgan fingerprint density at radius 2 is 1.58 bits per heavy atom. The molecule has 0 amide bonds. The van der Waals surface area contributed by atoms with Gasteiger partial charge in [-0.1, -0.05) is 13.0 Å². The topological polar surface area (TPSA) is 68.3 Å². The summed E-state index contributed by atoms with van der Waals surface area (Å²) in [6.07, 6.45) is 0.568. The summed E-state index contributed by atoms with van der Waals surface area (Å²) in [6, 6.07) is 1.94. The average Bonchev–Trinajstić information content (AvgIpc) is 2.45. The van der Waals surface area contributed by atoms with Crippen molar-refractivity contribution in [1.29, 1.82) is 0 Å². The van der Waals surface area contributed by atoms with Crippen LogP contribution in [0.5, 0.6) is 0 Å². The zero-order valence-electron chi connectivity index (χ0n) is 15.0. The number of carbonyl (C=O) groups is 4. The molecule has 24 heavy (non-hydrogen) atoms. The van der Waals surface area contributed by atoms with Gasteiger partial charge in [0.15, 0.2) is 23.1 Å². The van der Waals surface area contributed by atoms with Crippen LogP contribution in [0.2, 0.25) is 0 Å². The molecule has 1 aliphatic carbocycles. The molecular weight excluding hydrogens is 304 g/mol. The molecule has 4 nitrogen and oxygen atoms in total. The number of hydrogen-bond donors (Lipinski definition) is 0. The molecule has 1 aromatic carbocycles. The van der Waals surface area contributed by atoms with E-state index in [9.17, 15) is 19.2 Å². The number of Topliss-reactive ketones (excluding diaryl/α,β-unsaturated/α-hetero) is 4. The molecule has 0 bridgehead atoms. The van der Waals surface area contributed by atoms with Crippen LogP contribution in [0.25, 0.3) is 0 Å². The highest BCUT2D eigenvalue weighted by atomic mass is 16.2. The van der Waals surface area contributed by atoms with Gasteiger partial charge in [-0.2, -0.15) is 0 Å². The fourth-order valence-electron chi connectivity index (χ4n) is 4.11. The van der Waals surface area contributed by atoms with Crippen LogP contribution in [0.4, 0.5) is 0 Å². The van der Waals surface area contributed by atoms with Gasteiger partial charge < -0.3 is 0 Å². The second kappa shape index (κ2) is 6.80. The maximum absolute atomic E-state index is 12.4. The second-order valence-electron chi connectivity index (χ2n) is 6.77. The third-order valence-corrected chi connectivity index (χ3v) is 5.00. The average molecular weight is 328 g/mol. The van der Waals surface area contributed by atoms with E-state index >= 15 is 0 Å². The highest BCUT2D eigenvalue weighted by Crippen LogP contribution is 2.37. The van der Waals surface area contributed by atoms with Crippen LogP contribution in [-0.4, -0.2) is 23.1 Å². The predicted molar refractivity (Wildman–Crippen MR) is 91.4 cm³/mol. The van der Waals surface area contributed by atoms with E-state index in [4.69, 9.17) is 0 Å². The molecule has 0 atom stereocenters. The van der Waals surface area contributed by atoms with Crippen LogP contribution in [0.15, 0.2) is 6.07 Å². The first-order valence-corrected chi connectivity index (χ1v) is 8.38. The van der Waals surface area contributed by atoms with Gasteiger partial charge in [-0.25, -0.2) is 0 Å². The molecular formula is C20H24O4. The van der Waals surface area contributed by atoms with Crippen molar-refractivity contribution in [2.75, 3.05) is 0 Å². The van der Waals surface area contributed by atoms with Gasteiger partial charge in [0.2, 0.25) is 0 Å². The van der Waals surface area contributed by atoms with Gasteiger partial charge in [-0.05, 0) is 55.9 Å². The molecule has 0 aromatic heterocycles. The van der Waals surface area contributed by atoms with Crippen LogP contribution in [-0.2, 0) is 14.4 Å². The SMILES string of the molecule is CCC(=O)C1C(=O)CC(c2c(C)cc(C)c(C(C)=O)c2C)CC1=O. The van der Waals surface area contributed by atoms with Crippen molar-refractivity contribution in [1.82, 2.24) is 0 Å². The Kier molecular flexibility index (Phi) is 5.16. The summed E-state index contributed by atoms with van der Waals surface area (Å²) in [5.74, 6) is -2.20. The molecule has 0 radical (unpaired) electrons. The van der Waals surface area contributed by atoms with Crippen molar-refractivity contribution >= 4 is 23.1 Å². The predicted octanol–water partition coefficient (Wildman–Crippen LogP) is 3.43. The zero-order chi connectivity index (χ0) is 18.2. The monoisotopic (exact) mass is 328 g/mol. The van der Waals surface area contributed by atoms with Crippen LogP contribution in [0, 0.1) is 26.7 Å². The fraction of sp³-hybridized carbons (Fsp3) is 0.500. The first kappa shape index (κ1) is 18.2. The molecule has 1 saturated carbocycles. The molecule has 128 valence electrons. The van der Waals surface area contributed by atoms with Crippen LogP contribution in [0.1, 0.15) is 71.6 Å². The Balaban J connectivity index is 2.46. The van der Waals surface area contributed by atoms with Crippen molar-refractivity contribution in [3.63, 3.8) is 0 Å². The summed E-state index contributed by atoms with van der Waals surface area (Å²) in [5.41, 5.74) is 4.33. The van der Waals surface area contributed by atoms with E-state index in [1.807, 2.05) is 26.8 Å². The fourth-order valence-corrected chi connectivity index (χ4v) is 4.11. The molecule has 0 unspecified atom stereocenters. The quantitative estimate of drug-likeness (QED) is 0.627. The number of ketones is 4. The van der Waals surface area contributed by atoms with E-state index in [1.54, 1.807) is 6.92 Å². The summed E-state index contributed by atoms with van der Waals surface area (Å²) in [6.45, 7) is 8.92. The third-order valence-electron chi connectivity index (χ3n) is 5.00. The third kappa shape index (κ3) is 3.10. The molecule has 0 aliphatic heterocycles. The lowest BCUT2D eigenvalue weighted by Gasteiger charge is -2.29. The number of carbonyl (C=O) groups excluding carboxylic acids is 4. The van der Waals surface area contributed by atoms with Crippen molar-refractivity contribution in [2.24, 2.45) is 5.92 Å². The van der Waals surface area contributed by atoms with E-state index in [1.165, 1.54) is 6.92 Å². The first-order valence-electron chi connectivity index (χ1n) is 8.38. The summed E-state index contributed by atoms with van der Waals surface area (Å²) < 4.78 is 0. The van der Waals surface area contributed by atoms with E-state index in [-0.39, 0.29) is 48.3 Å². The maximum atomic E-state index is 12.4. The zero-order valence-corrected chi connectivity index (χ0v) is 15.0. The molecule has 1 aromatic rings. The minimum atomic E-state index is -1.08. The van der Waals surface area contributed by atoms with Gasteiger partial charge in [0.25, 0.3) is 0 Å². The summed E-state index contributed by atoms with van der Waals surface area (Å²) in [4.78, 5) is 48.6. The summed E-state index contributed by atoms with van der Waals surface area (Å²) in [7, 11) is 0. The molecule has 0 heterocycles. The van der Waals surface area contributed by atoms with Crippen LogP contribution < -0.4 is 0 Å². The van der Waals surface area contributed by atoms with E-state index in [0.29, 0.717) is 5.56 Å². The highest BCUT2D eigenvalue weighted by Gasteiger charge is 2.40. The van der Waals surface area contributed by atoms with Crippen molar-refractivity contribution < 1.29 is 19.2 Å². The van der Waals surface area contributed by atoms with Gasteiger partial charge >= 0.3 is 0 Å². The van der Waals surface area contributed by atoms with Gasteiger partial charge in [0.05, 0.1) is 0 Å². The number of hydrogen-bond acceptors (Lipinski definition) is 4. The molecule has 0 spiro atoms. The van der Waals surface area contributed by atoms with E-state index < -0.39 is 5.92 Å². The summed E-state index contributed by atoms with van der Waals surface area (Å²) in [5, 5.41) is 0. The second-order valence-corrected chi connectivity index (χ2v) is 6.77. The molecule has 0 saturated heterocycles. The number of benzene rings is 1. The van der Waals surface area contributed by atoms with Gasteiger partial charge in [-0.3, -0.25) is 19.2 Å². The number of rotatable bonds is 4. The smallest absolute Gasteiger partial charge is 0.160 e. The standard InChI is InChI=1S/C20H24O4/c1-6-15(22)20-16(23)8-14(9-17(20)24)19-11(3)7-10(2)18(12(19)4)13(5)21/h7,14,20H,6,8-9H2,1-5H3. The number of aryl methyl sites for hydroxylation is 2. The Bertz CT molecular complexity index is 724. The Hall–Kier alpha value is -2.10. The van der Waals surface area contributed by atoms with Gasteiger partial charge in [-0.15, -0.1) is 0 Å². The van der Waals surface area contributed by atoms with E-state index in [0.717, 1.165) is 22.3 Å². The lowest BCUT2D eigenvalue weighted by molar-refractivity contribution is -0.142. The van der Waals surface area contributed by atoms with Crippen LogP contribution in [0.3, 0.4) is 0 Å². The Morgan fingerprint density at radius 1 is 1.04 bits per heavy atom. The lowest BCUT2D eigenvalue weighted by atomic mass is 9.72. The normalized spacial score (nSPS) is 21.0. The molecule has 2 rings (SSSR count). The first-order chi connectivity index (χ1) is 11.2. The van der Waals surface area contributed by atoms with Gasteiger partial charge in [0, 0.05) is 24.8 Å². The minimum absolute atomic E-state index is 0.0150. The van der Waals surface area contributed by atoms with Crippen molar-refractivity contribution in [3.05, 3.63) is 33.9 Å². The summed E-state index contributed by atoms with van der Waals surface area (Å²) >= 11 is 0. The van der Waals surface area contributed by atoms with Crippen LogP contribution >= 0.6 is 0 Å².